The van der Waals surface area contributed by atoms with Gasteiger partial charge in [-0.25, -0.2) is 4.98 Å². The monoisotopic (exact) mass is 334 g/mol. The molecule has 124 valence electrons. The SMILES string of the molecule is O=C(NCCc1nc(-c2ccccn2)no1)c1nc2ccccc2[nH]1. The van der Waals surface area contributed by atoms with Gasteiger partial charge in [0, 0.05) is 19.2 Å². The summed E-state index contributed by atoms with van der Waals surface area (Å²) in [5.74, 6) is 0.867. The molecule has 8 heteroatoms. The Bertz CT molecular complexity index is 975. The lowest BCUT2D eigenvalue weighted by Crippen LogP contribution is -2.26. The minimum Gasteiger partial charge on any atom is -0.349 e. The molecule has 25 heavy (non-hydrogen) atoms. The molecule has 0 unspecified atom stereocenters. The van der Waals surface area contributed by atoms with Crippen molar-refractivity contribution < 1.29 is 9.32 Å². The molecule has 2 N–H and O–H groups in total. The van der Waals surface area contributed by atoms with Crippen molar-refractivity contribution in [2.45, 2.75) is 6.42 Å². The maximum Gasteiger partial charge on any atom is 0.287 e. The van der Waals surface area contributed by atoms with Gasteiger partial charge in [-0.05, 0) is 24.3 Å². The molecule has 8 nitrogen and oxygen atoms in total. The Hall–Kier alpha value is -3.55. The molecule has 0 atom stereocenters. The number of fused-ring (bicyclic) bond motifs is 1. The summed E-state index contributed by atoms with van der Waals surface area (Å²) in [6.45, 7) is 0.361. The van der Waals surface area contributed by atoms with E-state index in [2.05, 4.69) is 30.4 Å². The van der Waals surface area contributed by atoms with Crippen LogP contribution in [-0.2, 0) is 6.42 Å². The van der Waals surface area contributed by atoms with Gasteiger partial charge in [0.2, 0.25) is 11.7 Å². The number of aromatic nitrogens is 5. The largest absolute Gasteiger partial charge is 0.349 e. The van der Waals surface area contributed by atoms with Crippen molar-refractivity contribution in [1.29, 1.82) is 0 Å². The van der Waals surface area contributed by atoms with E-state index in [1.807, 2.05) is 36.4 Å². The fourth-order valence-corrected chi connectivity index (χ4v) is 2.38. The Morgan fingerprint density at radius 2 is 2.00 bits per heavy atom. The van der Waals surface area contributed by atoms with Gasteiger partial charge in [0.1, 0.15) is 5.69 Å². The highest BCUT2D eigenvalue weighted by Crippen LogP contribution is 2.12. The van der Waals surface area contributed by atoms with Crippen molar-refractivity contribution >= 4 is 16.9 Å². The van der Waals surface area contributed by atoms with E-state index in [0.717, 1.165) is 11.0 Å². The Morgan fingerprint density at radius 1 is 1.12 bits per heavy atom. The van der Waals surface area contributed by atoms with Gasteiger partial charge in [-0.3, -0.25) is 9.78 Å². The van der Waals surface area contributed by atoms with E-state index in [0.29, 0.717) is 30.4 Å². The van der Waals surface area contributed by atoms with Gasteiger partial charge in [0.05, 0.1) is 11.0 Å². The van der Waals surface area contributed by atoms with Crippen LogP contribution in [0.1, 0.15) is 16.5 Å². The number of nitrogens with one attached hydrogen (secondary N) is 2. The molecule has 0 bridgehead atoms. The van der Waals surface area contributed by atoms with Crippen LogP contribution in [-0.4, -0.2) is 37.5 Å². The maximum absolute atomic E-state index is 12.1. The molecule has 1 aromatic carbocycles. The number of imidazole rings is 1. The molecule has 0 aliphatic carbocycles. The number of aromatic amines is 1. The second kappa shape index (κ2) is 6.52. The molecule has 4 aromatic rings. The molecule has 0 spiro atoms. The zero-order chi connectivity index (χ0) is 17.1. The van der Waals surface area contributed by atoms with Crippen LogP contribution in [0.15, 0.2) is 53.2 Å². The number of carbonyl (C=O) groups excluding carboxylic acids is 1. The molecule has 3 heterocycles. The molecule has 0 saturated carbocycles. The van der Waals surface area contributed by atoms with E-state index in [1.165, 1.54) is 0 Å². The first-order chi connectivity index (χ1) is 12.3. The summed E-state index contributed by atoms with van der Waals surface area (Å²) in [5, 5.41) is 6.67. The summed E-state index contributed by atoms with van der Waals surface area (Å²) in [7, 11) is 0. The minimum atomic E-state index is -0.277. The average molecular weight is 334 g/mol. The highest BCUT2D eigenvalue weighted by molar-refractivity contribution is 5.94. The second-order valence-corrected chi connectivity index (χ2v) is 5.34. The number of rotatable bonds is 5. The van der Waals surface area contributed by atoms with Crippen LogP contribution >= 0.6 is 0 Å². The van der Waals surface area contributed by atoms with Crippen molar-refractivity contribution in [2.24, 2.45) is 0 Å². The molecule has 0 aliphatic rings. The Morgan fingerprint density at radius 3 is 2.84 bits per heavy atom. The van der Waals surface area contributed by atoms with Crippen LogP contribution in [0.4, 0.5) is 0 Å². The number of H-pyrrole nitrogens is 1. The summed E-state index contributed by atoms with van der Waals surface area (Å²) in [6, 6.07) is 13.0. The minimum absolute atomic E-state index is 0.277. The van der Waals surface area contributed by atoms with Crippen LogP contribution in [0.5, 0.6) is 0 Å². The van der Waals surface area contributed by atoms with Crippen molar-refractivity contribution in [3.05, 3.63) is 60.4 Å². The van der Waals surface area contributed by atoms with Gasteiger partial charge in [0.15, 0.2) is 5.82 Å². The number of para-hydroxylation sites is 2. The predicted octanol–water partition coefficient (Wildman–Crippen LogP) is 1.98. The van der Waals surface area contributed by atoms with Gasteiger partial charge in [-0.2, -0.15) is 4.98 Å². The third-order valence-corrected chi connectivity index (χ3v) is 3.59. The van der Waals surface area contributed by atoms with Gasteiger partial charge >= 0.3 is 0 Å². The Balaban J connectivity index is 1.36. The lowest BCUT2D eigenvalue weighted by molar-refractivity contribution is 0.0944. The molecule has 3 aromatic heterocycles. The average Bonchev–Trinajstić information content (AvgIpc) is 3.29. The van der Waals surface area contributed by atoms with Crippen molar-refractivity contribution in [1.82, 2.24) is 30.4 Å². The van der Waals surface area contributed by atoms with E-state index in [9.17, 15) is 4.79 Å². The lowest BCUT2D eigenvalue weighted by atomic mass is 10.3. The summed E-state index contributed by atoms with van der Waals surface area (Å²) in [6.07, 6.45) is 2.09. The summed E-state index contributed by atoms with van der Waals surface area (Å²) in [4.78, 5) is 27.8. The topological polar surface area (TPSA) is 110 Å². The first kappa shape index (κ1) is 15.0. The Kier molecular flexibility index (Phi) is 3.91. The lowest BCUT2D eigenvalue weighted by Gasteiger charge is -1.99. The highest BCUT2D eigenvalue weighted by atomic mass is 16.5. The zero-order valence-electron chi connectivity index (χ0n) is 13.1. The van der Waals surface area contributed by atoms with Crippen LogP contribution in [0.25, 0.3) is 22.6 Å². The normalized spacial score (nSPS) is 10.9. The molecule has 0 fully saturated rings. The van der Waals surface area contributed by atoms with E-state index in [4.69, 9.17) is 4.52 Å². The number of hydrogen-bond donors (Lipinski definition) is 2. The van der Waals surface area contributed by atoms with E-state index >= 15 is 0 Å². The van der Waals surface area contributed by atoms with Gasteiger partial charge < -0.3 is 14.8 Å². The highest BCUT2D eigenvalue weighted by Gasteiger charge is 2.12. The summed E-state index contributed by atoms with van der Waals surface area (Å²) in [5.41, 5.74) is 2.22. The summed E-state index contributed by atoms with van der Waals surface area (Å²) < 4.78 is 5.18. The molecule has 4 rings (SSSR count). The first-order valence-electron chi connectivity index (χ1n) is 7.76. The third kappa shape index (κ3) is 3.23. The van der Waals surface area contributed by atoms with Crippen LogP contribution < -0.4 is 5.32 Å². The number of amides is 1. The number of pyridine rings is 1. The molecular formula is C17H14N6O2. The fourth-order valence-electron chi connectivity index (χ4n) is 2.38. The van der Waals surface area contributed by atoms with Crippen molar-refractivity contribution in [3.8, 4) is 11.5 Å². The van der Waals surface area contributed by atoms with E-state index in [1.54, 1.807) is 12.3 Å². The smallest absolute Gasteiger partial charge is 0.287 e. The zero-order valence-corrected chi connectivity index (χ0v) is 13.1. The van der Waals surface area contributed by atoms with E-state index < -0.39 is 0 Å². The van der Waals surface area contributed by atoms with Gasteiger partial charge in [0.25, 0.3) is 5.91 Å². The van der Waals surface area contributed by atoms with E-state index in [-0.39, 0.29) is 11.7 Å². The molecule has 0 aliphatic heterocycles. The standard InChI is InChI=1S/C17H14N6O2/c24-17(16-20-11-5-1-2-6-12(11)21-16)19-10-8-14-22-15(23-25-14)13-7-3-4-9-18-13/h1-7,9H,8,10H2,(H,19,24)(H,20,21). The van der Waals surface area contributed by atoms with Crippen molar-refractivity contribution in [2.75, 3.05) is 6.54 Å². The molecular weight excluding hydrogens is 320 g/mol. The number of carbonyl (C=O) groups is 1. The molecule has 0 radical (unpaired) electrons. The second-order valence-electron chi connectivity index (χ2n) is 5.34. The number of nitrogens with zero attached hydrogens (tertiary/aromatic N) is 4. The van der Waals surface area contributed by atoms with Crippen molar-refractivity contribution in [3.63, 3.8) is 0 Å². The van der Waals surface area contributed by atoms with Gasteiger partial charge in [-0.15, -0.1) is 0 Å². The fraction of sp³-hybridized carbons (Fsp3) is 0.118. The van der Waals surface area contributed by atoms with Crippen LogP contribution in [0.3, 0.4) is 0 Å². The number of hydrogen-bond acceptors (Lipinski definition) is 6. The van der Waals surface area contributed by atoms with Crippen LogP contribution in [0.2, 0.25) is 0 Å². The quantitative estimate of drug-likeness (QED) is 0.577. The Labute approximate surface area is 142 Å². The molecule has 1 amide bonds. The van der Waals surface area contributed by atoms with Gasteiger partial charge in [-0.1, -0.05) is 23.4 Å². The molecule has 0 saturated heterocycles. The maximum atomic E-state index is 12.1. The first-order valence-corrected chi connectivity index (χ1v) is 7.76. The number of benzene rings is 1. The third-order valence-electron chi connectivity index (χ3n) is 3.59. The predicted molar refractivity (Wildman–Crippen MR) is 89.7 cm³/mol. The summed E-state index contributed by atoms with van der Waals surface area (Å²) >= 11 is 0. The van der Waals surface area contributed by atoms with Crippen LogP contribution in [0, 0.1) is 0 Å².